The van der Waals surface area contributed by atoms with Gasteiger partial charge < -0.3 is 19.8 Å². The fraction of sp³-hybridized carbons (Fsp3) is 0.0769. The van der Waals surface area contributed by atoms with Crippen molar-refractivity contribution in [2.75, 3.05) is 11.3 Å². The van der Waals surface area contributed by atoms with Crippen molar-refractivity contribution < 1.29 is 14.3 Å². The first-order valence-electron chi connectivity index (χ1n) is 5.89. The third kappa shape index (κ3) is 2.62. The molecule has 0 fully saturated rings. The zero-order valence-corrected chi connectivity index (χ0v) is 11.1. The Labute approximate surface area is 118 Å². The van der Waals surface area contributed by atoms with Crippen molar-refractivity contribution >= 4 is 39.7 Å². The standard InChI is InChI=1S/C13H11N3O3S/c17-12-5-8(7-19-12)15-13(18)20-16-11-6-14-10-4-2-1-3-9(10)11/h1-6,14,16H,7H2,(H,15,18). The highest BCUT2D eigenvalue weighted by Gasteiger charge is 2.15. The molecule has 1 aliphatic heterocycles. The molecule has 0 aliphatic carbocycles. The summed E-state index contributed by atoms with van der Waals surface area (Å²) < 4.78 is 7.67. The van der Waals surface area contributed by atoms with Crippen molar-refractivity contribution in [3.05, 3.63) is 42.2 Å². The number of nitrogens with one attached hydrogen (secondary N) is 3. The molecule has 3 N–H and O–H groups in total. The van der Waals surface area contributed by atoms with Crippen molar-refractivity contribution in [3.8, 4) is 0 Å². The van der Waals surface area contributed by atoms with E-state index in [0.29, 0.717) is 5.70 Å². The molecule has 0 bridgehead atoms. The molecule has 2 heterocycles. The SMILES string of the molecule is O=C1C=C(NC(=O)SNc2c[nH]c3ccccc23)CO1. The topological polar surface area (TPSA) is 83.2 Å². The smallest absolute Gasteiger partial charge is 0.333 e. The highest BCUT2D eigenvalue weighted by molar-refractivity contribution is 8.14. The van der Waals surface area contributed by atoms with E-state index in [1.54, 1.807) is 6.20 Å². The number of carbonyl (C=O) groups excluding carboxylic acids is 2. The summed E-state index contributed by atoms with van der Waals surface area (Å²) in [5.74, 6) is -0.435. The number of esters is 1. The highest BCUT2D eigenvalue weighted by atomic mass is 32.2. The Hall–Kier alpha value is -2.41. The van der Waals surface area contributed by atoms with Crippen LogP contribution in [0, 0.1) is 0 Å². The molecule has 1 amide bonds. The second-order valence-electron chi connectivity index (χ2n) is 4.14. The molecule has 0 unspecified atom stereocenters. The largest absolute Gasteiger partial charge is 0.456 e. The lowest BCUT2D eigenvalue weighted by atomic mass is 10.2. The number of cyclic esters (lactones) is 1. The molecule has 2 aromatic rings. The van der Waals surface area contributed by atoms with Gasteiger partial charge >= 0.3 is 11.2 Å². The van der Waals surface area contributed by atoms with Crippen LogP contribution in [-0.2, 0) is 9.53 Å². The number of aromatic nitrogens is 1. The molecule has 0 atom stereocenters. The second-order valence-corrected chi connectivity index (χ2v) is 4.92. The summed E-state index contributed by atoms with van der Waals surface area (Å²) in [6.45, 7) is 0.109. The Morgan fingerprint density at radius 2 is 2.20 bits per heavy atom. The lowest BCUT2D eigenvalue weighted by Crippen LogP contribution is -2.20. The van der Waals surface area contributed by atoms with Crippen LogP contribution in [0.25, 0.3) is 10.9 Å². The summed E-state index contributed by atoms with van der Waals surface area (Å²) in [6, 6.07) is 7.78. The Morgan fingerprint density at radius 1 is 1.35 bits per heavy atom. The molecule has 6 nitrogen and oxygen atoms in total. The Kier molecular flexibility index (Phi) is 3.34. The fourth-order valence-corrected chi connectivity index (χ4v) is 2.41. The van der Waals surface area contributed by atoms with Gasteiger partial charge in [0.2, 0.25) is 0 Å². The second kappa shape index (κ2) is 5.30. The molecule has 1 aliphatic rings. The van der Waals surface area contributed by atoms with Crippen LogP contribution in [0.15, 0.2) is 42.2 Å². The number of anilines is 1. The molecule has 20 heavy (non-hydrogen) atoms. The molecule has 102 valence electrons. The van der Waals surface area contributed by atoms with Crippen molar-refractivity contribution in [2.24, 2.45) is 0 Å². The highest BCUT2D eigenvalue weighted by Crippen LogP contribution is 2.25. The summed E-state index contributed by atoms with van der Waals surface area (Å²) in [4.78, 5) is 25.7. The lowest BCUT2D eigenvalue weighted by molar-refractivity contribution is -0.134. The normalized spacial score (nSPS) is 14.0. The number of para-hydroxylation sites is 1. The van der Waals surface area contributed by atoms with E-state index in [0.717, 1.165) is 28.5 Å². The van der Waals surface area contributed by atoms with Gasteiger partial charge in [0.1, 0.15) is 6.61 Å². The number of hydrogen-bond acceptors (Lipinski definition) is 5. The van der Waals surface area contributed by atoms with Crippen LogP contribution in [0.3, 0.4) is 0 Å². The van der Waals surface area contributed by atoms with Crippen molar-refractivity contribution in [3.63, 3.8) is 0 Å². The van der Waals surface area contributed by atoms with Gasteiger partial charge in [-0.1, -0.05) is 18.2 Å². The predicted octanol–water partition coefficient (Wildman–Crippen LogP) is 2.38. The number of fused-ring (bicyclic) bond motifs is 1. The molecule has 1 aromatic carbocycles. The number of H-pyrrole nitrogens is 1. The summed E-state index contributed by atoms with van der Waals surface area (Å²) in [7, 11) is 0. The molecular weight excluding hydrogens is 278 g/mol. The quantitative estimate of drug-likeness (QED) is 0.597. The van der Waals surface area contributed by atoms with Crippen LogP contribution in [0.4, 0.5) is 10.5 Å². The van der Waals surface area contributed by atoms with Gasteiger partial charge in [-0.25, -0.2) is 4.79 Å². The van der Waals surface area contributed by atoms with E-state index in [-0.39, 0.29) is 11.8 Å². The zero-order valence-electron chi connectivity index (χ0n) is 10.3. The predicted molar refractivity (Wildman–Crippen MR) is 77.1 cm³/mol. The van der Waals surface area contributed by atoms with E-state index in [2.05, 4.69) is 15.0 Å². The maximum absolute atomic E-state index is 11.7. The van der Waals surface area contributed by atoms with Crippen LogP contribution in [0.2, 0.25) is 0 Å². The Morgan fingerprint density at radius 3 is 3.00 bits per heavy atom. The van der Waals surface area contributed by atoms with Gasteiger partial charge in [-0.05, 0) is 6.07 Å². The van der Waals surface area contributed by atoms with Crippen molar-refractivity contribution in [2.45, 2.75) is 0 Å². The molecule has 0 radical (unpaired) electrons. The van der Waals surface area contributed by atoms with E-state index < -0.39 is 5.97 Å². The number of benzene rings is 1. The number of ether oxygens (including phenoxy) is 1. The number of hydrogen-bond donors (Lipinski definition) is 3. The molecule has 1 aromatic heterocycles. The van der Waals surface area contributed by atoms with Crippen LogP contribution in [0.5, 0.6) is 0 Å². The first kappa shape index (κ1) is 12.6. The fourth-order valence-electron chi connectivity index (χ4n) is 1.86. The van der Waals surface area contributed by atoms with Gasteiger partial charge in [0, 0.05) is 35.1 Å². The monoisotopic (exact) mass is 289 g/mol. The minimum atomic E-state index is -0.435. The molecule has 0 spiro atoms. The van der Waals surface area contributed by atoms with Gasteiger partial charge in [0.25, 0.3) is 0 Å². The molecule has 0 saturated carbocycles. The van der Waals surface area contributed by atoms with Crippen LogP contribution in [0.1, 0.15) is 0 Å². The average molecular weight is 289 g/mol. The first-order chi connectivity index (χ1) is 9.72. The average Bonchev–Trinajstić information content (AvgIpc) is 3.03. The Balaban J connectivity index is 1.60. The maximum atomic E-state index is 11.7. The zero-order chi connectivity index (χ0) is 13.9. The maximum Gasteiger partial charge on any atom is 0.333 e. The molecule has 3 rings (SSSR count). The summed E-state index contributed by atoms with van der Waals surface area (Å²) in [6.07, 6.45) is 3.07. The van der Waals surface area contributed by atoms with E-state index in [9.17, 15) is 9.59 Å². The van der Waals surface area contributed by atoms with Crippen LogP contribution in [-0.4, -0.2) is 22.8 Å². The molecular formula is C13H11N3O3S. The van der Waals surface area contributed by atoms with E-state index >= 15 is 0 Å². The Bertz CT molecular complexity index is 708. The van der Waals surface area contributed by atoms with E-state index in [4.69, 9.17) is 4.74 Å². The molecule has 7 heteroatoms. The summed E-state index contributed by atoms with van der Waals surface area (Å²) in [5, 5.41) is 3.29. The first-order valence-corrected chi connectivity index (χ1v) is 6.71. The van der Waals surface area contributed by atoms with Gasteiger partial charge in [-0.3, -0.25) is 4.79 Å². The van der Waals surface area contributed by atoms with E-state index in [1.165, 1.54) is 6.08 Å². The van der Waals surface area contributed by atoms with Crippen molar-refractivity contribution in [1.82, 2.24) is 10.3 Å². The minimum absolute atomic E-state index is 0.109. The summed E-state index contributed by atoms with van der Waals surface area (Å²) >= 11 is 0.909. The number of rotatable bonds is 3. The minimum Gasteiger partial charge on any atom is -0.456 e. The van der Waals surface area contributed by atoms with Gasteiger partial charge in [-0.15, -0.1) is 0 Å². The lowest BCUT2D eigenvalue weighted by Gasteiger charge is -2.05. The van der Waals surface area contributed by atoms with Gasteiger partial charge in [0.05, 0.1) is 11.4 Å². The number of amides is 1. The van der Waals surface area contributed by atoms with Crippen molar-refractivity contribution in [1.29, 1.82) is 0 Å². The van der Waals surface area contributed by atoms with Crippen LogP contribution < -0.4 is 10.0 Å². The third-order valence-electron chi connectivity index (χ3n) is 2.77. The number of carbonyl (C=O) groups is 2. The number of aromatic amines is 1. The van der Waals surface area contributed by atoms with Gasteiger partial charge in [0.15, 0.2) is 0 Å². The van der Waals surface area contributed by atoms with E-state index in [1.807, 2.05) is 24.3 Å². The van der Waals surface area contributed by atoms with Crippen LogP contribution >= 0.6 is 11.9 Å². The molecule has 0 saturated heterocycles. The third-order valence-corrected chi connectivity index (χ3v) is 3.38. The van der Waals surface area contributed by atoms with Gasteiger partial charge in [-0.2, -0.15) is 0 Å². The summed E-state index contributed by atoms with van der Waals surface area (Å²) in [5.41, 5.74) is 2.29.